The van der Waals surface area contributed by atoms with E-state index in [0.29, 0.717) is 6.26 Å². The van der Waals surface area contributed by atoms with Crippen LogP contribution < -0.4 is 0 Å². The first-order valence-electron chi connectivity index (χ1n) is 6.85. The summed E-state index contributed by atoms with van der Waals surface area (Å²) < 4.78 is 9.45. The van der Waals surface area contributed by atoms with E-state index in [1.54, 1.807) is 0 Å². The second kappa shape index (κ2) is 6.91. The van der Waals surface area contributed by atoms with Crippen LogP contribution in [0.2, 0.25) is 0 Å². The number of hydrogen-bond acceptors (Lipinski definition) is 10. The van der Waals surface area contributed by atoms with Crippen LogP contribution >= 0.6 is 0 Å². The fraction of sp³-hybridized carbons (Fsp3) is 0.429. The van der Waals surface area contributed by atoms with Crippen molar-refractivity contribution in [2.24, 2.45) is 0 Å². The predicted octanol–water partition coefficient (Wildman–Crippen LogP) is -1.06. The fourth-order valence-electron chi connectivity index (χ4n) is 2.40. The highest BCUT2D eigenvalue weighted by atomic mass is 16.6. The first kappa shape index (κ1) is 17.8. The zero-order chi connectivity index (χ0) is 18.0. The lowest BCUT2D eigenvalue weighted by atomic mass is 9.90. The highest BCUT2D eigenvalue weighted by Crippen LogP contribution is 2.34. The Morgan fingerprint density at radius 3 is 2.62 bits per heavy atom. The number of nitrogens with zero attached hydrogens (tertiary/aromatic N) is 2. The topological polar surface area (TPSA) is 159 Å². The molecule has 4 unspecified atom stereocenters. The molecule has 4 N–H and O–H groups in total. The van der Waals surface area contributed by atoms with E-state index in [2.05, 4.69) is 14.9 Å². The zero-order valence-corrected chi connectivity index (χ0v) is 12.8. The molecule has 0 spiro atoms. The monoisotopic (exact) mass is 340 g/mol. The van der Waals surface area contributed by atoms with E-state index < -0.39 is 36.4 Å². The van der Waals surface area contributed by atoms with Crippen LogP contribution in [0.1, 0.15) is 38.2 Å². The van der Waals surface area contributed by atoms with Gasteiger partial charge < -0.3 is 29.9 Å². The zero-order valence-electron chi connectivity index (χ0n) is 12.8. The van der Waals surface area contributed by atoms with Crippen LogP contribution in [-0.2, 0) is 9.47 Å². The summed E-state index contributed by atoms with van der Waals surface area (Å²) >= 11 is 0. The van der Waals surface area contributed by atoms with Crippen LogP contribution in [0, 0.1) is 6.92 Å². The average Bonchev–Trinajstić information content (AvgIpc) is 2.56. The van der Waals surface area contributed by atoms with Gasteiger partial charge in [0.2, 0.25) is 0 Å². The third-order valence-corrected chi connectivity index (χ3v) is 3.66. The summed E-state index contributed by atoms with van der Waals surface area (Å²) in [6.07, 6.45) is -5.09. The maximum absolute atomic E-state index is 12.0. The van der Waals surface area contributed by atoms with Crippen molar-refractivity contribution in [2.45, 2.75) is 31.3 Å². The molecule has 0 fully saturated rings. The summed E-state index contributed by atoms with van der Waals surface area (Å²) in [5.41, 5.74) is -0.413. The van der Waals surface area contributed by atoms with Crippen molar-refractivity contribution < 1.29 is 39.5 Å². The van der Waals surface area contributed by atoms with Gasteiger partial charge in [0.05, 0.1) is 13.4 Å². The van der Waals surface area contributed by atoms with Crippen molar-refractivity contribution in [3.8, 4) is 0 Å². The van der Waals surface area contributed by atoms with Crippen LogP contribution in [0.25, 0.3) is 0 Å². The van der Waals surface area contributed by atoms with Gasteiger partial charge in [-0.2, -0.15) is 0 Å². The maximum Gasteiger partial charge on any atom is 0.359 e. The summed E-state index contributed by atoms with van der Waals surface area (Å²) in [6, 6.07) is 0. The Morgan fingerprint density at radius 2 is 2.04 bits per heavy atom. The Balaban J connectivity index is 2.48. The summed E-state index contributed by atoms with van der Waals surface area (Å²) in [5, 5.41) is 45.9. The number of rotatable bonds is 4. The van der Waals surface area contributed by atoms with Gasteiger partial charge in [-0.05, 0) is 18.6 Å². The molecule has 10 heteroatoms. The number of aromatic nitrogens is 2. The lowest BCUT2D eigenvalue weighted by molar-refractivity contribution is -0.110. The number of aliphatic hydroxyl groups is 4. The average molecular weight is 340 g/mol. The Labute approximate surface area is 136 Å². The molecule has 0 bridgehead atoms. The molecular formula is C14H16N2O8. The van der Waals surface area contributed by atoms with Gasteiger partial charge >= 0.3 is 11.9 Å². The van der Waals surface area contributed by atoms with Gasteiger partial charge in [0, 0.05) is 5.56 Å². The summed E-state index contributed by atoms with van der Waals surface area (Å²) in [4.78, 5) is 23.7. The lowest BCUT2D eigenvalue weighted by Gasteiger charge is -2.33. The normalized spacial score (nSPS) is 22.6. The van der Waals surface area contributed by atoms with E-state index in [9.17, 15) is 24.9 Å². The molecule has 4 atom stereocenters. The van der Waals surface area contributed by atoms with Crippen molar-refractivity contribution in [1.82, 2.24) is 10.2 Å². The van der Waals surface area contributed by atoms with E-state index >= 15 is 0 Å². The Bertz CT molecular complexity index is 690. The number of esters is 2. The molecule has 1 aromatic heterocycles. The molecule has 2 rings (SSSR count). The van der Waals surface area contributed by atoms with Crippen molar-refractivity contribution >= 4 is 11.9 Å². The minimum absolute atomic E-state index is 0.0501. The third kappa shape index (κ3) is 2.94. The highest BCUT2D eigenvalue weighted by molar-refractivity contribution is 5.94. The van der Waals surface area contributed by atoms with Crippen molar-refractivity contribution in [1.29, 1.82) is 0 Å². The van der Waals surface area contributed by atoms with E-state index in [1.807, 2.05) is 0 Å². The standard InChI is InChI=1S/C14H16N2O8/c1-5-7-9(16-15-8(5)13(21)23-2)14(22)24-12(11(7)20)10(19)6(18)3-4-17/h3-4,6,10-12,17-20H,1-2H3. The smallest absolute Gasteiger partial charge is 0.359 e. The van der Waals surface area contributed by atoms with Gasteiger partial charge in [-0.25, -0.2) is 9.59 Å². The third-order valence-electron chi connectivity index (χ3n) is 3.66. The number of cyclic esters (lactones) is 1. The second-order valence-corrected chi connectivity index (χ2v) is 5.06. The molecule has 1 aliphatic heterocycles. The Morgan fingerprint density at radius 1 is 1.38 bits per heavy atom. The minimum atomic E-state index is -1.73. The van der Waals surface area contributed by atoms with Crippen LogP contribution in [-0.4, -0.2) is 68.0 Å². The van der Waals surface area contributed by atoms with Crippen molar-refractivity contribution in [3.05, 3.63) is 34.9 Å². The van der Waals surface area contributed by atoms with Gasteiger partial charge in [0.15, 0.2) is 17.5 Å². The molecule has 2 heterocycles. The Hall–Kier alpha value is -2.56. The molecule has 0 aromatic carbocycles. The summed E-state index contributed by atoms with van der Waals surface area (Å²) in [6.45, 7) is 1.43. The number of methoxy groups -OCH3 is 1. The van der Waals surface area contributed by atoms with Gasteiger partial charge in [0.25, 0.3) is 0 Å². The quantitative estimate of drug-likeness (QED) is 0.393. The van der Waals surface area contributed by atoms with Crippen LogP contribution in [0.3, 0.4) is 0 Å². The first-order chi connectivity index (χ1) is 11.3. The molecule has 0 radical (unpaired) electrons. The predicted molar refractivity (Wildman–Crippen MR) is 76.1 cm³/mol. The molecule has 1 aromatic rings. The first-order valence-corrected chi connectivity index (χ1v) is 6.85. The highest BCUT2D eigenvalue weighted by Gasteiger charge is 2.43. The fourth-order valence-corrected chi connectivity index (χ4v) is 2.40. The summed E-state index contributed by atoms with van der Waals surface area (Å²) in [5.74, 6) is -1.79. The van der Waals surface area contributed by atoms with E-state index in [0.717, 1.165) is 13.2 Å². The van der Waals surface area contributed by atoms with Crippen molar-refractivity contribution in [2.75, 3.05) is 7.11 Å². The molecule has 24 heavy (non-hydrogen) atoms. The van der Waals surface area contributed by atoms with Gasteiger partial charge in [-0.3, -0.25) is 0 Å². The number of aliphatic hydroxyl groups excluding tert-OH is 4. The molecule has 1 aliphatic rings. The van der Waals surface area contributed by atoms with E-state index in [1.165, 1.54) is 6.92 Å². The van der Waals surface area contributed by atoms with Gasteiger partial charge in [-0.15, -0.1) is 10.2 Å². The molecule has 0 amide bonds. The van der Waals surface area contributed by atoms with Crippen LogP contribution in [0.5, 0.6) is 0 Å². The van der Waals surface area contributed by atoms with Crippen molar-refractivity contribution in [3.63, 3.8) is 0 Å². The molecular weight excluding hydrogens is 324 g/mol. The number of carbonyl (C=O) groups is 2. The SMILES string of the molecule is COC(=O)c1nnc2c(c1C)C(O)C(C(O)C(O)C=CO)OC2=O. The summed E-state index contributed by atoms with van der Waals surface area (Å²) in [7, 11) is 1.14. The Kier molecular flexibility index (Phi) is 5.12. The van der Waals surface area contributed by atoms with Gasteiger partial charge in [-0.1, -0.05) is 0 Å². The molecule has 10 nitrogen and oxygen atoms in total. The van der Waals surface area contributed by atoms with Crippen LogP contribution in [0.15, 0.2) is 12.3 Å². The molecule has 0 saturated carbocycles. The van der Waals surface area contributed by atoms with Gasteiger partial charge in [0.1, 0.15) is 18.3 Å². The second-order valence-electron chi connectivity index (χ2n) is 5.06. The number of ether oxygens (including phenoxy) is 2. The van der Waals surface area contributed by atoms with E-state index in [-0.39, 0.29) is 22.5 Å². The maximum atomic E-state index is 12.0. The number of carbonyl (C=O) groups excluding carboxylic acids is 2. The minimum Gasteiger partial charge on any atom is -0.516 e. The molecule has 130 valence electrons. The lowest BCUT2D eigenvalue weighted by Crippen LogP contribution is -2.46. The molecule has 0 saturated heterocycles. The number of hydrogen-bond donors (Lipinski definition) is 4. The number of fused-ring (bicyclic) bond motifs is 1. The molecule has 0 aliphatic carbocycles. The largest absolute Gasteiger partial charge is 0.516 e. The van der Waals surface area contributed by atoms with E-state index in [4.69, 9.17) is 9.84 Å². The van der Waals surface area contributed by atoms with Crippen LogP contribution in [0.4, 0.5) is 0 Å².